The second kappa shape index (κ2) is 16.9. The molecule has 4 N–H and O–H groups in total. The number of primary amides is 1. The predicted octanol–water partition coefficient (Wildman–Crippen LogP) is 2.46. The molecule has 10 atom stereocenters. The Hall–Kier alpha value is -4.11. The number of carbonyl (C=O) groups is 5. The molecule has 2 bridgehead atoms. The Morgan fingerprint density at radius 2 is 1.69 bits per heavy atom. The van der Waals surface area contributed by atoms with Crippen LogP contribution in [0.3, 0.4) is 0 Å². The van der Waals surface area contributed by atoms with Crippen LogP contribution in [-0.2, 0) is 58.8 Å². The molecule has 2 aliphatic heterocycles. The van der Waals surface area contributed by atoms with Crippen LogP contribution in [0, 0.1) is 17.8 Å². The molecular formula is C37H51NO13. The zero-order chi connectivity index (χ0) is 38.3. The van der Waals surface area contributed by atoms with E-state index in [1.165, 1.54) is 6.92 Å². The van der Waals surface area contributed by atoms with Gasteiger partial charge in [-0.25, -0.2) is 14.4 Å². The van der Waals surface area contributed by atoms with Crippen molar-refractivity contribution in [1.29, 1.82) is 0 Å². The molecule has 14 nitrogen and oxygen atoms in total. The molecule has 0 unspecified atom stereocenters. The van der Waals surface area contributed by atoms with Crippen molar-refractivity contribution in [3.63, 3.8) is 0 Å². The van der Waals surface area contributed by atoms with E-state index in [2.05, 4.69) is 13.5 Å². The monoisotopic (exact) mass is 717 g/mol. The van der Waals surface area contributed by atoms with Crippen molar-refractivity contribution in [2.75, 3.05) is 14.2 Å². The minimum absolute atomic E-state index is 0.0626. The Balaban J connectivity index is 2.08. The molecule has 0 aromatic heterocycles. The van der Waals surface area contributed by atoms with Gasteiger partial charge < -0.3 is 44.4 Å². The summed E-state index contributed by atoms with van der Waals surface area (Å²) in [6, 6.07) is 9.46. The standard InChI is InChI=1S/C37H51NO13/c1-9-21(2)19-22(3)15-16-27(40)49-30-29(41)35(18-17-23(4)28(48-25(6)39)24(5)20-26-13-11-10-12-14-26)50-31(32(38)42)36(45,33(43)46-7)37(30,51-35)34(44)47-8/h10-16,21-22,24,28-31,41,45H,4,9,17-20H2,1-3,5-8H3,(H2,38,42)/b16-15+/t21-,22+,24+,28+,29+,30+,31+,35+,36+,37+/m0/s1. The summed E-state index contributed by atoms with van der Waals surface area (Å²) < 4.78 is 32.9. The molecule has 14 heteroatoms. The maximum atomic E-state index is 13.8. The molecule has 0 radical (unpaired) electrons. The van der Waals surface area contributed by atoms with E-state index < -0.39 is 77.6 Å². The molecule has 0 saturated carbocycles. The average Bonchev–Trinajstić information content (AvgIpc) is 3.31. The first kappa shape index (κ1) is 41.3. The van der Waals surface area contributed by atoms with Gasteiger partial charge in [0.25, 0.3) is 11.5 Å². The van der Waals surface area contributed by atoms with E-state index in [1.54, 1.807) is 6.08 Å². The lowest BCUT2D eigenvalue weighted by atomic mass is 9.74. The molecule has 1 amide bonds. The maximum Gasteiger partial charge on any atom is 0.346 e. The average molecular weight is 718 g/mol. The largest absolute Gasteiger partial charge is 0.467 e. The lowest BCUT2D eigenvalue weighted by Gasteiger charge is -2.49. The molecule has 0 spiro atoms. The van der Waals surface area contributed by atoms with E-state index in [1.807, 2.05) is 51.1 Å². The number of carbonyl (C=O) groups excluding carboxylic acids is 5. The number of benzene rings is 1. The number of rotatable bonds is 17. The van der Waals surface area contributed by atoms with E-state index in [0.29, 0.717) is 17.9 Å². The molecule has 282 valence electrons. The Labute approximate surface area is 298 Å². The number of ether oxygens (including phenoxy) is 6. The first-order valence-corrected chi connectivity index (χ1v) is 17.0. The molecule has 3 rings (SSSR count). The van der Waals surface area contributed by atoms with Crippen LogP contribution >= 0.6 is 0 Å². The topological polar surface area (TPSA) is 207 Å². The third-order valence-electron chi connectivity index (χ3n) is 9.66. The first-order chi connectivity index (χ1) is 23.9. The number of allylic oxidation sites excluding steroid dienone is 1. The summed E-state index contributed by atoms with van der Waals surface area (Å²) >= 11 is 0. The van der Waals surface area contributed by atoms with Crippen molar-refractivity contribution in [2.24, 2.45) is 23.5 Å². The second-order valence-electron chi connectivity index (χ2n) is 13.5. The Bertz CT molecular complexity index is 1480. The maximum absolute atomic E-state index is 13.8. The number of hydrogen-bond donors (Lipinski definition) is 3. The fraction of sp³-hybridized carbons (Fsp3) is 0.595. The van der Waals surface area contributed by atoms with Gasteiger partial charge in [0, 0.05) is 25.3 Å². The van der Waals surface area contributed by atoms with Gasteiger partial charge in [0.05, 0.1) is 14.2 Å². The van der Waals surface area contributed by atoms with E-state index >= 15 is 0 Å². The number of esters is 4. The summed E-state index contributed by atoms with van der Waals surface area (Å²) in [5.41, 5.74) is 0.412. The van der Waals surface area contributed by atoms with Crippen LogP contribution < -0.4 is 5.73 Å². The molecule has 2 heterocycles. The molecule has 2 fully saturated rings. The van der Waals surface area contributed by atoms with Gasteiger partial charge in [-0.2, -0.15) is 0 Å². The van der Waals surface area contributed by atoms with Crippen LogP contribution in [-0.4, -0.2) is 95.6 Å². The number of nitrogens with two attached hydrogens (primary N) is 1. The highest BCUT2D eigenvalue weighted by atomic mass is 16.8. The Morgan fingerprint density at radius 1 is 1.06 bits per heavy atom. The molecule has 51 heavy (non-hydrogen) atoms. The van der Waals surface area contributed by atoms with E-state index in [-0.39, 0.29) is 18.3 Å². The van der Waals surface area contributed by atoms with E-state index in [4.69, 9.17) is 34.2 Å². The van der Waals surface area contributed by atoms with E-state index in [9.17, 15) is 34.2 Å². The van der Waals surface area contributed by atoms with Crippen LogP contribution in [0.25, 0.3) is 0 Å². The van der Waals surface area contributed by atoms with Crippen molar-refractivity contribution < 1.29 is 62.6 Å². The zero-order valence-electron chi connectivity index (χ0n) is 30.3. The zero-order valence-corrected chi connectivity index (χ0v) is 30.3. The van der Waals surface area contributed by atoms with Crippen LogP contribution in [0.4, 0.5) is 0 Å². The van der Waals surface area contributed by atoms with Crippen molar-refractivity contribution in [3.8, 4) is 0 Å². The third-order valence-corrected chi connectivity index (χ3v) is 9.66. The number of aliphatic hydroxyl groups is 2. The fourth-order valence-corrected chi connectivity index (χ4v) is 6.90. The van der Waals surface area contributed by atoms with Crippen molar-refractivity contribution in [3.05, 3.63) is 60.2 Å². The van der Waals surface area contributed by atoms with E-state index in [0.717, 1.165) is 38.7 Å². The third kappa shape index (κ3) is 8.35. The van der Waals surface area contributed by atoms with Gasteiger partial charge in [0.1, 0.15) is 12.2 Å². The highest BCUT2D eigenvalue weighted by Gasteiger charge is 2.86. The summed E-state index contributed by atoms with van der Waals surface area (Å²) in [6.45, 7) is 13.2. The van der Waals surface area contributed by atoms with Crippen molar-refractivity contribution >= 4 is 29.8 Å². The molecule has 1 aromatic carbocycles. The minimum Gasteiger partial charge on any atom is -0.467 e. The number of aliphatic hydroxyl groups excluding tert-OH is 1. The molecule has 1 aromatic rings. The van der Waals surface area contributed by atoms with Crippen LogP contribution in [0.2, 0.25) is 0 Å². The van der Waals surface area contributed by atoms with Gasteiger partial charge in [-0.3, -0.25) is 9.59 Å². The number of amides is 1. The molecule has 2 saturated heterocycles. The second-order valence-corrected chi connectivity index (χ2v) is 13.5. The summed E-state index contributed by atoms with van der Waals surface area (Å²) in [4.78, 5) is 65.5. The quantitative estimate of drug-likeness (QED) is 0.0917. The normalized spacial score (nSPS) is 29.3. The first-order valence-electron chi connectivity index (χ1n) is 17.0. The Morgan fingerprint density at radius 3 is 2.24 bits per heavy atom. The number of hydrogen-bond acceptors (Lipinski definition) is 13. The summed E-state index contributed by atoms with van der Waals surface area (Å²) in [6.07, 6.45) is -3.26. The van der Waals surface area contributed by atoms with Crippen LogP contribution in [0.15, 0.2) is 54.6 Å². The highest BCUT2D eigenvalue weighted by molar-refractivity contribution is 6.00. The Kier molecular flexibility index (Phi) is 13.7. The molecular weight excluding hydrogens is 666 g/mol. The van der Waals surface area contributed by atoms with Gasteiger partial charge in [0.15, 0.2) is 12.2 Å². The summed E-state index contributed by atoms with van der Waals surface area (Å²) in [5, 5.41) is 23.9. The number of methoxy groups -OCH3 is 2. The van der Waals surface area contributed by atoms with Crippen molar-refractivity contribution in [2.45, 2.75) is 108 Å². The van der Waals surface area contributed by atoms with Gasteiger partial charge in [0.2, 0.25) is 11.4 Å². The van der Waals surface area contributed by atoms with Gasteiger partial charge in [-0.1, -0.05) is 77.1 Å². The van der Waals surface area contributed by atoms with Gasteiger partial charge in [-0.05, 0) is 42.2 Å². The fourth-order valence-electron chi connectivity index (χ4n) is 6.90. The van der Waals surface area contributed by atoms with Gasteiger partial charge >= 0.3 is 23.9 Å². The van der Waals surface area contributed by atoms with Crippen LogP contribution in [0.5, 0.6) is 0 Å². The summed E-state index contributed by atoms with van der Waals surface area (Å²) in [7, 11) is 1.75. The highest BCUT2D eigenvalue weighted by Crippen LogP contribution is 2.56. The smallest absolute Gasteiger partial charge is 0.346 e. The number of fused-ring (bicyclic) bond motifs is 2. The van der Waals surface area contributed by atoms with Crippen LogP contribution in [0.1, 0.15) is 65.9 Å². The lowest BCUT2D eigenvalue weighted by Crippen LogP contribution is -2.79. The van der Waals surface area contributed by atoms with Gasteiger partial charge in [-0.15, -0.1) is 0 Å². The SMILES string of the molecule is C=C(CC[C@@]12O[C@H](C(N)=O)[C@@](O)(C(=O)OC)[C@@](C(=O)OC)(O1)[C@H](OC(=O)/C=C/[C@@H](C)C[C@@H](C)CC)[C@H]2O)[C@@H](OC(C)=O)[C@H](C)Cc1ccccc1. The predicted molar refractivity (Wildman–Crippen MR) is 181 cm³/mol. The van der Waals surface area contributed by atoms with Crippen molar-refractivity contribution in [1.82, 2.24) is 0 Å². The minimum atomic E-state index is -3.42. The molecule has 2 aliphatic rings. The molecule has 0 aliphatic carbocycles. The summed E-state index contributed by atoms with van der Waals surface area (Å²) in [5.74, 6) is -8.61. The lowest BCUT2D eigenvalue weighted by molar-refractivity contribution is -0.372.